The third kappa shape index (κ3) is 2.42. The maximum atomic E-state index is 5.97. The van der Waals surface area contributed by atoms with E-state index in [0.717, 1.165) is 27.6 Å². The average Bonchev–Trinajstić information content (AvgIpc) is 2.74. The van der Waals surface area contributed by atoms with E-state index in [-0.39, 0.29) is 0 Å². The number of hydrogen-bond donors (Lipinski definition) is 1. The zero-order valence-corrected chi connectivity index (χ0v) is 11.4. The highest BCUT2D eigenvalue weighted by atomic mass is 35.5. The molecule has 0 aliphatic rings. The van der Waals surface area contributed by atoms with E-state index in [2.05, 4.69) is 20.9 Å². The van der Waals surface area contributed by atoms with Crippen molar-refractivity contribution in [1.29, 1.82) is 0 Å². The number of benzene rings is 2. The first kappa shape index (κ1) is 12.1. The molecule has 0 aliphatic carbocycles. The number of rotatable bonds is 3. The quantitative estimate of drug-likeness (QED) is 0.784. The fraction of sp³-hybridized carbons (Fsp3) is 0.133. The summed E-state index contributed by atoms with van der Waals surface area (Å²) in [7, 11) is 2.01. The Morgan fingerprint density at radius 1 is 1.16 bits per heavy atom. The van der Waals surface area contributed by atoms with Crippen LogP contribution in [-0.4, -0.2) is 9.55 Å². The van der Waals surface area contributed by atoms with Crippen molar-refractivity contribution in [1.82, 2.24) is 9.55 Å². The van der Waals surface area contributed by atoms with E-state index in [4.69, 9.17) is 11.6 Å². The van der Waals surface area contributed by atoms with Gasteiger partial charge in [-0.3, -0.25) is 0 Å². The molecule has 0 aliphatic heterocycles. The Kier molecular flexibility index (Phi) is 3.13. The largest absolute Gasteiger partial charge is 0.352 e. The molecule has 0 saturated carbocycles. The lowest BCUT2D eigenvalue weighted by molar-refractivity contribution is 0.927. The van der Waals surface area contributed by atoms with Crippen molar-refractivity contribution in [3.63, 3.8) is 0 Å². The summed E-state index contributed by atoms with van der Waals surface area (Å²) in [5.74, 6) is 0.862. The molecular formula is C15H14ClN3. The summed E-state index contributed by atoms with van der Waals surface area (Å²) in [4.78, 5) is 4.57. The smallest absolute Gasteiger partial charge is 0.203 e. The van der Waals surface area contributed by atoms with Gasteiger partial charge >= 0.3 is 0 Å². The average molecular weight is 272 g/mol. The van der Waals surface area contributed by atoms with Gasteiger partial charge in [-0.25, -0.2) is 4.98 Å². The zero-order chi connectivity index (χ0) is 13.2. The standard InChI is InChI=1S/C15H14ClN3/c1-19-14-8-3-2-7-13(14)18-15(19)17-10-11-5-4-6-12(16)9-11/h2-9H,10H2,1H3,(H,17,18). The van der Waals surface area contributed by atoms with Gasteiger partial charge in [-0.1, -0.05) is 35.9 Å². The van der Waals surface area contributed by atoms with E-state index in [9.17, 15) is 0 Å². The van der Waals surface area contributed by atoms with E-state index in [1.807, 2.05) is 49.5 Å². The molecule has 0 amide bonds. The predicted molar refractivity (Wildman–Crippen MR) is 79.5 cm³/mol. The van der Waals surface area contributed by atoms with Gasteiger partial charge in [0.15, 0.2) is 0 Å². The topological polar surface area (TPSA) is 29.9 Å². The number of nitrogens with one attached hydrogen (secondary N) is 1. The summed E-state index contributed by atoms with van der Waals surface area (Å²) < 4.78 is 2.06. The van der Waals surface area contributed by atoms with Gasteiger partial charge in [-0.15, -0.1) is 0 Å². The first-order chi connectivity index (χ1) is 9.24. The summed E-state index contributed by atoms with van der Waals surface area (Å²) >= 11 is 5.97. The predicted octanol–water partition coefficient (Wildman–Crippen LogP) is 3.84. The highest BCUT2D eigenvalue weighted by Crippen LogP contribution is 2.18. The Morgan fingerprint density at radius 2 is 2.00 bits per heavy atom. The summed E-state index contributed by atoms with van der Waals surface area (Å²) in [6.45, 7) is 0.706. The van der Waals surface area contributed by atoms with Crippen LogP contribution in [-0.2, 0) is 13.6 Å². The molecule has 0 saturated heterocycles. The first-order valence-electron chi connectivity index (χ1n) is 6.14. The zero-order valence-electron chi connectivity index (χ0n) is 10.6. The normalized spacial score (nSPS) is 10.8. The van der Waals surface area contributed by atoms with Crippen molar-refractivity contribution < 1.29 is 0 Å². The third-order valence-corrected chi connectivity index (χ3v) is 3.36. The molecule has 4 heteroatoms. The van der Waals surface area contributed by atoms with Gasteiger partial charge in [-0.05, 0) is 29.8 Å². The Balaban J connectivity index is 1.84. The second kappa shape index (κ2) is 4.94. The minimum absolute atomic E-state index is 0.706. The van der Waals surface area contributed by atoms with E-state index in [1.165, 1.54) is 0 Å². The molecular weight excluding hydrogens is 258 g/mol. The lowest BCUT2D eigenvalue weighted by atomic mass is 10.2. The van der Waals surface area contributed by atoms with Gasteiger partial charge in [0.1, 0.15) is 0 Å². The van der Waals surface area contributed by atoms with Gasteiger partial charge < -0.3 is 9.88 Å². The molecule has 0 radical (unpaired) electrons. The molecule has 3 aromatic rings. The molecule has 96 valence electrons. The lowest BCUT2D eigenvalue weighted by Crippen LogP contribution is -2.04. The van der Waals surface area contributed by atoms with Gasteiger partial charge in [-0.2, -0.15) is 0 Å². The Bertz CT molecular complexity index is 718. The SMILES string of the molecule is Cn1c(NCc2cccc(Cl)c2)nc2ccccc21. The Hall–Kier alpha value is -2.00. The first-order valence-corrected chi connectivity index (χ1v) is 6.51. The number of hydrogen-bond acceptors (Lipinski definition) is 2. The minimum atomic E-state index is 0.706. The summed E-state index contributed by atoms with van der Waals surface area (Å²) in [5, 5.41) is 4.09. The van der Waals surface area contributed by atoms with E-state index < -0.39 is 0 Å². The fourth-order valence-corrected chi connectivity index (χ4v) is 2.34. The van der Waals surface area contributed by atoms with Crippen LogP contribution in [0.15, 0.2) is 48.5 Å². The van der Waals surface area contributed by atoms with Crippen molar-refractivity contribution in [3.05, 3.63) is 59.1 Å². The second-order valence-electron chi connectivity index (χ2n) is 4.47. The van der Waals surface area contributed by atoms with Crippen molar-refractivity contribution in [3.8, 4) is 0 Å². The van der Waals surface area contributed by atoms with Crippen LogP contribution >= 0.6 is 11.6 Å². The van der Waals surface area contributed by atoms with Crippen LogP contribution in [0.25, 0.3) is 11.0 Å². The Labute approximate surface area is 116 Å². The van der Waals surface area contributed by atoms with Crippen molar-refractivity contribution >= 4 is 28.6 Å². The van der Waals surface area contributed by atoms with Gasteiger partial charge in [0, 0.05) is 18.6 Å². The molecule has 19 heavy (non-hydrogen) atoms. The molecule has 0 atom stereocenters. The molecule has 3 rings (SSSR count). The van der Waals surface area contributed by atoms with Crippen LogP contribution in [0.3, 0.4) is 0 Å². The number of imidazole rings is 1. The number of nitrogens with zero attached hydrogens (tertiary/aromatic N) is 2. The highest BCUT2D eigenvalue weighted by Gasteiger charge is 2.06. The number of fused-ring (bicyclic) bond motifs is 1. The van der Waals surface area contributed by atoms with Crippen molar-refractivity contribution in [2.24, 2.45) is 7.05 Å². The molecule has 1 heterocycles. The van der Waals surface area contributed by atoms with Crippen LogP contribution < -0.4 is 5.32 Å². The maximum absolute atomic E-state index is 5.97. The second-order valence-corrected chi connectivity index (χ2v) is 4.90. The monoisotopic (exact) mass is 271 g/mol. The number of halogens is 1. The van der Waals surface area contributed by atoms with Crippen LogP contribution in [0.5, 0.6) is 0 Å². The van der Waals surface area contributed by atoms with Gasteiger partial charge in [0.25, 0.3) is 0 Å². The van der Waals surface area contributed by atoms with Crippen LogP contribution in [0.4, 0.5) is 5.95 Å². The summed E-state index contributed by atoms with van der Waals surface area (Å²) in [5.41, 5.74) is 3.26. The van der Waals surface area contributed by atoms with Crippen LogP contribution in [0.2, 0.25) is 5.02 Å². The van der Waals surface area contributed by atoms with Gasteiger partial charge in [0.2, 0.25) is 5.95 Å². The molecule has 1 N–H and O–H groups in total. The van der Waals surface area contributed by atoms with Gasteiger partial charge in [0.05, 0.1) is 11.0 Å². The molecule has 2 aromatic carbocycles. The number of aryl methyl sites for hydroxylation is 1. The summed E-state index contributed by atoms with van der Waals surface area (Å²) in [6.07, 6.45) is 0. The third-order valence-electron chi connectivity index (χ3n) is 3.13. The number of anilines is 1. The van der Waals surface area contributed by atoms with E-state index in [0.29, 0.717) is 6.54 Å². The fourth-order valence-electron chi connectivity index (χ4n) is 2.13. The minimum Gasteiger partial charge on any atom is -0.352 e. The summed E-state index contributed by atoms with van der Waals surface area (Å²) in [6, 6.07) is 15.9. The maximum Gasteiger partial charge on any atom is 0.203 e. The lowest BCUT2D eigenvalue weighted by Gasteiger charge is -2.06. The van der Waals surface area contributed by atoms with Crippen molar-refractivity contribution in [2.75, 3.05) is 5.32 Å². The van der Waals surface area contributed by atoms with Crippen molar-refractivity contribution in [2.45, 2.75) is 6.54 Å². The van der Waals surface area contributed by atoms with E-state index >= 15 is 0 Å². The van der Waals surface area contributed by atoms with Crippen LogP contribution in [0, 0.1) is 0 Å². The molecule has 0 bridgehead atoms. The molecule has 3 nitrogen and oxygen atoms in total. The van der Waals surface area contributed by atoms with E-state index in [1.54, 1.807) is 0 Å². The number of para-hydroxylation sites is 2. The highest BCUT2D eigenvalue weighted by molar-refractivity contribution is 6.30. The molecule has 0 unspecified atom stereocenters. The number of aromatic nitrogens is 2. The molecule has 1 aromatic heterocycles. The van der Waals surface area contributed by atoms with Crippen LogP contribution in [0.1, 0.15) is 5.56 Å². The molecule has 0 fully saturated rings. The molecule has 0 spiro atoms. The Morgan fingerprint density at radius 3 is 2.79 bits per heavy atom.